The molecule has 1 aliphatic heterocycles. The summed E-state index contributed by atoms with van der Waals surface area (Å²) in [6.45, 7) is 2.57. The standard InChI is InChI=1S/C19H21N3O6/c1-12(23)26-11-19-18(27-13(2)24)9-8-17(28-19)16-10-22(21-20-16)14-4-6-15(25-3)7-5-14/h4-10,17-19H,11H2,1-3H3/t17-,18-,19+/m0/s1. The average Bonchev–Trinajstić information content (AvgIpc) is 3.17. The summed E-state index contributed by atoms with van der Waals surface area (Å²) in [5.41, 5.74) is 1.38. The second-order valence-corrected chi connectivity index (χ2v) is 6.14. The van der Waals surface area contributed by atoms with E-state index in [4.69, 9.17) is 18.9 Å². The fourth-order valence-electron chi connectivity index (χ4n) is 2.72. The van der Waals surface area contributed by atoms with Crippen LogP contribution in [0.3, 0.4) is 0 Å². The number of hydrogen-bond donors (Lipinski definition) is 0. The molecule has 0 amide bonds. The second kappa shape index (κ2) is 8.66. The van der Waals surface area contributed by atoms with E-state index >= 15 is 0 Å². The lowest BCUT2D eigenvalue weighted by Crippen LogP contribution is -2.39. The molecule has 0 aliphatic carbocycles. The molecule has 1 aromatic carbocycles. The minimum absolute atomic E-state index is 0.0409. The van der Waals surface area contributed by atoms with Gasteiger partial charge in [-0.15, -0.1) is 5.10 Å². The highest BCUT2D eigenvalue weighted by Gasteiger charge is 2.32. The Morgan fingerprint density at radius 1 is 1.14 bits per heavy atom. The number of esters is 2. The van der Waals surface area contributed by atoms with Crippen molar-refractivity contribution in [2.75, 3.05) is 13.7 Å². The molecule has 1 aromatic heterocycles. The molecular weight excluding hydrogens is 366 g/mol. The van der Waals surface area contributed by atoms with Crippen molar-refractivity contribution >= 4 is 11.9 Å². The molecule has 0 radical (unpaired) electrons. The Balaban J connectivity index is 1.76. The molecule has 9 nitrogen and oxygen atoms in total. The van der Waals surface area contributed by atoms with E-state index in [9.17, 15) is 9.59 Å². The fraction of sp³-hybridized carbons (Fsp3) is 0.368. The third-order valence-corrected chi connectivity index (χ3v) is 4.06. The van der Waals surface area contributed by atoms with Crippen LogP contribution >= 0.6 is 0 Å². The molecule has 0 saturated carbocycles. The molecule has 1 aliphatic rings. The Hall–Kier alpha value is -3.20. The highest BCUT2D eigenvalue weighted by molar-refractivity contribution is 5.66. The van der Waals surface area contributed by atoms with Gasteiger partial charge in [0.1, 0.15) is 36.4 Å². The summed E-state index contributed by atoms with van der Waals surface area (Å²) >= 11 is 0. The van der Waals surface area contributed by atoms with Gasteiger partial charge in [0.25, 0.3) is 0 Å². The molecule has 28 heavy (non-hydrogen) atoms. The molecule has 0 unspecified atom stereocenters. The Morgan fingerprint density at radius 3 is 2.54 bits per heavy atom. The number of carbonyl (C=O) groups excluding carboxylic acids is 2. The van der Waals surface area contributed by atoms with E-state index < -0.39 is 30.3 Å². The van der Waals surface area contributed by atoms with Gasteiger partial charge in [-0.1, -0.05) is 5.21 Å². The number of hydrogen-bond acceptors (Lipinski definition) is 8. The van der Waals surface area contributed by atoms with Gasteiger partial charge in [-0.3, -0.25) is 9.59 Å². The van der Waals surface area contributed by atoms with E-state index in [1.54, 1.807) is 30.1 Å². The minimum Gasteiger partial charge on any atom is -0.497 e. The monoisotopic (exact) mass is 387 g/mol. The molecule has 3 atom stereocenters. The van der Waals surface area contributed by atoms with Crippen LogP contribution in [0.4, 0.5) is 0 Å². The van der Waals surface area contributed by atoms with Crippen molar-refractivity contribution < 1.29 is 28.5 Å². The third kappa shape index (κ3) is 4.74. The normalized spacial score (nSPS) is 21.2. The molecule has 0 saturated heterocycles. The maximum Gasteiger partial charge on any atom is 0.303 e. The Bertz CT molecular complexity index is 861. The quantitative estimate of drug-likeness (QED) is 0.546. The molecule has 2 heterocycles. The molecule has 2 aromatic rings. The SMILES string of the molecule is COc1ccc(-n2cc([C@@H]3C=C[C@H](OC(C)=O)[C@@H](COC(C)=O)O3)nn2)cc1. The number of methoxy groups -OCH3 is 1. The predicted molar refractivity (Wildman–Crippen MR) is 96.9 cm³/mol. The van der Waals surface area contributed by atoms with Crippen LogP contribution in [0.5, 0.6) is 5.75 Å². The maximum absolute atomic E-state index is 11.3. The van der Waals surface area contributed by atoms with E-state index in [0.29, 0.717) is 5.69 Å². The topological polar surface area (TPSA) is 102 Å². The smallest absolute Gasteiger partial charge is 0.303 e. The lowest BCUT2D eigenvalue weighted by atomic mass is 10.1. The van der Waals surface area contributed by atoms with Crippen molar-refractivity contribution in [3.63, 3.8) is 0 Å². The van der Waals surface area contributed by atoms with Crippen LogP contribution in [-0.4, -0.2) is 52.9 Å². The van der Waals surface area contributed by atoms with Crippen LogP contribution in [0, 0.1) is 0 Å². The summed E-state index contributed by atoms with van der Waals surface area (Å²) in [6, 6.07) is 7.36. The first-order chi connectivity index (χ1) is 13.5. The van der Waals surface area contributed by atoms with E-state index in [-0.39, 0.29) is 6.61 Å². The molecule has 0 N–H and O–H groups in total. The van der Waals surface area contributed by atoms with Gasteiger partial charge < -0.3 is 18.9 Å². The molecule has 9 heteroatoms. The molecule has 0 fully saturated rings. The average molecular weight is 387 g/mol. The van der Waals surface area contributed by atoms with Gasteiger partial charge in [-0.2, -0.15) is 0 Å². The van der Waals surface area contributed by atoms with Gasteiger partial charge in [-0.05, 0) is 36.4 Å². The summed E-state index contributed by atoms with van der Waals surface area (Å²) in [7, 11) is 1.60. The second-order valence-electron chi connectivity index (χ2n) is 6.14. The number of ether oxygens (including phenoxy) is 4. The van der Waals surface area contributed by atoms with E-state index in [1.165, 1.54) is 13.8 Å². The Kier molecular flexibility index (Phi) is 6.05. The van der Waals surface area contributed by atoms with Crippen molar-refractivity contribution in [3.8, 4) is 11.4 Å². The number of aromatic nitrogens is 3. The summed E-state index contributed by atoms with van der Waals surface area (Å²) in [5.74, 6) is -0.149. The zero-order valence-electron chi connectivity index (χ0n) is 15.8. The van der Waals surface area contributed by atoms with Crippen molar-refractivity contribution in [2.24, 2.45) is 0 Å². The fourth-order valence-corrected chi connectivity index (χ4v) is 2.72. The predicted octanol–water partition coefficient (Wildman–Crippen LogP) is 1.77. The van der Waals surface area contributed by atoms with E-state index in [2.05, 4.69) is 10.3 Å². The number of nitrogens with zero attached hydrogens (tertiary/aromatic N) is 3. The van der Waals surface area contributed by atoms with Crippen LogP contribution in [-0.2, 0) is 23.8 Å². The summed E-state index contributed by atoms with van der Waals surface area (Å²) in [5, 5.41) is 8.29. The molecule has 3 rings (SSSR count). The Morgan fingerprint density at radius 2 is 1.89 bits per heavy atom. The van der Waals surface area contributed by atoms with Gasteiger partial charge in [0.05, 0.1) is 19.0 Å². The summed E-state index contributed by atoms with van der Waals surface area (Å²) in [4.78, 5) is 22.4. The van der Waals surface area contributed by atoms with Crippen LogP contribution in [0.1, 0.15) is 25.6 Å². The first-order valence-electron chi connectivity index (χ1n) is 8.67. The van der Waals surface area contributed by atoms with Gasteiger partial charge in [0.2, 0.25) is 0 Å². The molecule has 0 spiro atoms. The molecule has 0 bridgehead atoms. The number of benzene rings is 1. The lowest BCUT2D eigenvalue weighted by Gasteiger charge is -2.30. The van der Waals surface area contributed by atoms with Gasteiger partial charge in [0.15, 0.2) is 0 Å². The summed E-state index contributed by atoms with van der Waals surface area (Å²) < 4.78 is 23.0. The zero-order valence-corrected chi connectivity index (χ0v) is 15.8. The Labute approximate surface area is 161 Å². The molecular formula is C19H21N3O6. The zero-order chi connectivity index (χ0) is 20.1. The summed E-state index contributed by atoms with van der Waals surface area (Å²) in [6.07, 6.45) is 3.38. The third-order valence-electron chi connectivity index (χ3n) is 4.06. The van der Waals surface area contributed by atoms with Crippen LogP contribution in [0.15, 0.2) is 42.6 Å². The van der Waals surface area contributed by atoms with Crippen molar-refractivity contribution in [2.45, 2.75) is 32.2 Å². The maximum atomic E-state index is 11.3. The molecule has 148 valence electrons. The van der Waals surface area contributed by atoms with E-state index in [1.807, 2.05) is 24.3 Å². The van der Waals surface area contributed by atoms with Crippen LogP contribution in [0.25, 0.3) is 5.69 Å². The van der Waals surface area contributed by atoms with Crippen molar-refractivity contribution in [3.05, 3.63) is 48.3 Å². The van der Waals surface area contributed by atoms with Crippen molar-refractivity contribution in [1.29, 1.82) is 0 Å². The van der Waals surface area contributed by atoms with Gasteiger partial charge in [-0.25, -0.2) is 4.68 Å². The first kappa shape index (κ1) is 19.6. The van der Waals surface area contributed by atoms with Gasteiger partial charge >= 0.3 is 11.9 Å². The number of rotatable bonds is 6. The minimum atomic E-state index is -0.648. The largest absolute Gasteiger partial charge is 0.497 e. The van der Waals surface area contributed by atoms with Crippen LogP contribution < -0.4 is 4.74 Å². The lowest BCUT2D eigenvalue weighted by molar-refractivity contribution is -0.163. The van der Waals surface area contributed by atoms with Gasteiger partial charge in [0, 0.05) is 13.8 Å². The highest BCUT2D eigenvalue weighted by Crippen LogP contribution is 2.27. The highest BCUT2D eigenvalue weighted by atomic mass is 16.6. The number of carbonyl (C=O) groups is 2. The first-order valence-corrected chi connectivity index (χ1v) is 8.67. The van der Waals surface area contributed by atoms with Crippen molar-refractivity contribution in [1.82, 2.24) is 15.0 Å². The van der Waals surface area contributed by atoms with E-state index in [0.717, 1.165) is 11.4 Å². The van der Waals surface area contributed by atoms with Crippen LogP contribution in [0.2, 0.25) is 0 Å².